The minimum Gasteiger partial charge on any atom is -0.381 e. The fourth-order valence-corrected chi connectivity index (χ4v) is 3.95. The van der Waals surface area contributed by atoms with Crippen molar-refractivity contribution in [3.63, 3.8) is 0 Å². The van der Waals surface area contributed by atoms with Crippen molar-refractivity contribution in [3.8, 4) is 0 Å². The van der Waals surface area contributed by atoms with Crippen molar-refractivity contribution in [1.29, 1.82) is 0 Å². The van der Waals surface area contributed by atoms with E-state index in [9.17, 15) is 9.59 Å². The van der Waals surface area contributed by atoms with Crippen LogP contribution in [0.15, 0.2) is 36.4 Å². The summed E-state index contributed by atoms with van der Waals surface area (Å²) in [6.07, 6.45) is 7.52. The minimum absolute atomic E-state index is 0.0381. The summed E-state index contributed by atoms with van der Waals surface area (Å²) in [4.78, 5) is 29.1. The molecule has 2 saturated heterocycles. The number of nitrogens with zero attached hydrogens (tertiary/aromatic N) is 2. The molecule has 0 spiro atoms. The van der Waals surface area contributed by atoms with E-state index in [-0.39, 0.29) is 18.2 Å². The summed E-state index contributed by atoms with van der Waals surface area (Å²) in [6, 6.07) is 9.70. The Bertz CT molecular complexity index is 686. The highest BCUT2D eigenvalue weighted by Gasteiger charge is 2.31. The van der Waals surface area contributed by atoms with Crippen LogP contribution in [0.5, 0.6) is 0 Å². The number of piperazine rings is 1. The smallest absolute Gasteiger partial charge is 0.237 e. The van der Waals surface area contributed by atoms with Gasteiger partial charge in [-0.25, -0.2) is 0 Å². The maximum Gasteiger partial charge on any atom is 0.237 e. The molecule has 0 aliphatic carbocycles. The monoisotopic (exact) mass is 399 g/mol. The summed E-state index contributed by atoms with van der Waals surface area (Å²) in [5, 5.41) is 2.91. The maximum atomic E-state index is 12.7. The molecule has 6 heteroatoms. The number of carbonyl (C=O) groups excluding carboxylic acids is 2. The molecular formula is C23H33N3O3. The number of ether oxygens (including phenoxy) is 1. The normalized spacial score (nSPS) is 21.3. The Morgan fingerprint density at radius 3 is 2.79 bits per heavy atom. The van der Waals surface area contributed by atoms with Crippen LogP contribution < -0.4 is 5.32 Å². The van der Waals surface area contributed by atoms with E-state index < -0.39 is 6.04 Å². The highest BCUT2D eigenvalue weighted by Crippen LogP contribution is 2.19. The van der Waals surface area contributed by atoms with Crippen LogP contribution in [0.1, 0.15) is 31.2 Å². The summed E-state index contributed by atoms with van der Waals surface area (Å²) in [6.45, 7) is 4.45. The van der Waals surface area contributed by atoms with E-state index in [2.05, 4.69) is 22.4 Å². The molecule has 1 aromatic carbocycles. The average Bonchev–Trinajstić information content (AvgIpc) is 2.75. The quantitative estimate of drug-likeness (QED) is 0.728. The Hall–Kier alpha value is -2.18. The first-order chi connectivity index (χ1) is 14.1. The summed E-state index contributed by atoms with van der Waals surface area (Å²) in [5.41, 5.74) is 1.13. The van der Waals surface area contributed by atoms with Crippen molar-refractivity contribution in [2.24, 2.45) is 5.92 Å². The number of nitrogens with one attached hydrogen (secondary N) is 1. The number of hydrogen-bond donors (Lipinski definition) is 1. The lowest BCUT2D eigenvalue weighted by Gasteiger charge is -2.35. The molecule has 2 aliphatic rings. The van der Waals surface area contributed by atoms with E-state index in [0.717, 1.165) is 51.1 Å². The van der Waals surface area contributed by atoms with Crippen molar-refractivity contribution < 1.29 is 14.3 Å². The molecule has 0 bridgehead atoms. The van der Waals surface area contributed by atoms with Crippen LogP contribution >= 0.6 is 0 Å². The zero-order chi connectivity index (χ0) is 20.5. The summed E-state index contributed by atoms with van der Waals surface area (Å²) in [7, 11) is 1.85. The van der Waals surface area contributed by atoms with Crippen molar-refractivity contribution in [2.45, 2.75) is 31.7 Å². The van der Waals surface area contributed by atoms with E-state index in [4.69, 9.17) is 4.74 Å². The lowest BCUT2D eigenvalue weighted by atomic mass is 9.96. The maximum absolute atomic E-state index is 12.7. The van der Waals surface area contributed by atoms with Crippen LogP contribution in [0.4, 0.5) is 0 Å². The molecule has 2 aliphatic heterocycles. The average molecular weight is 400 g/mol. The Kier molecular flexibility index (Phi) is 8.25. The van der Waals surface area contributed by atoms with Crippen molar-refractivity contribution in [2.75, 3.05) is 46.4 Å². The SMILES string of the molecule is CN(CCC1CCOCC1)C(=O)CC1C(=O)NCCN1CC=Cc1ccccc1. The molecule has 2 amide bonds. The Morgan fingerprint density at radius 1 is 1.28 bits per heavy atom. The van der Waals surface area contributed by atoms with Crippen molar-refractivity contribution in [3.05, 3.63) is 42.0 Å². The van der Waals surface area contributed by atoms with Gasteiger partial charge in [0.15, 0.2) is 0 Å². The third-order valence-corrected chi connectivity index (χ3v) is 5.90. The molecule has 1 unspecified atom stereocenters. The van der Waals surface area contributed by atoms with Crippen molar-refractivity contribution in [1.82, 2.24) is 15.1 Å². The molecule has 2 heterocycles. The molecule has 29 heavy (non-hydrogen) atoms. The fraction of sp³-hybridized carbons (Fsp3) is 0.565. The molecule has 1 atom stereocenters. The predicted molar refractivity (Wildman–Crippen MR) is 114 cm³/mol. The molecule has 0 aromatic heterocycles. The van der Waals surface area contributed by atoms with Crippen LogP contribution in [-0.4, -0.2) is 74.1 Å². The van der Waals surface area contributed by atoms with Gasteiger partial charge in [0.2, 0.25) is 11.8 Å². The molecular weight excluding hydrogens is 366 g/mol. The number of rotatable bonds is 8. The zero-order valence-electron chi connectivity index (χ0n) is 17.4. The van der Waals surface area contributed by atoms with Gasteiger partial charge < -0.3 is 15.0 Å². The largest absolute Gasteiger partial charge is 0.381 e. The van der Waals surface area contributed by atoms with Gasteiger partial charge in [-0.1, -0.05) is 42.5 Å². The van der Waals surface area contributed by atoms with Gasteiger partial charge in [-0.15, -0.1) is 0 Å². The second-order valence-corrected chi connectivity index (χ2v) is 7.98. The first kappa shape index (κ1) is 21.5. The van der Waals surface area contributed by atoms with E-state index in [1.165, 1.54) is 0 Å². The predicted octanol–water partition coefficient (Wildman–Crippen LogP) is 2.17. The first-order valence-corrected chi connectivity index (χ1v) is 10.7. The van der Waals surface area contributed by atoms with Gasteiger partial charge in [0.05, 0.1) is 12.5 Å². The fourth-order valence-electron chi connectivity index (χ4n) is 3.95. The second-order valence-electron chi connectivity index (χ2n) is 7.98. The van der Waals surface area contributed by atoms with Gasteiger partial charge >= 0.3 is 0 Å². The molecule has 3 rings (SSSR count). The van der Waals surface area contributed by atoms with Gasteiger partial charge in [-0.05, 0) is 30.7 Å². The Balaban J connectivity index is 1.50. The number of amides is 2. The summed E-state index contributed by atoms with van der Waals surface area (Å²) in [5.74, 6) is 0.628. The first-order valence-electron chi connectivity index (χ1n) is 10.7. The molecule has 2 fully saturated rings. The minimum atomic E-state index is -0.401. The standard InChI is InChI=1S/C23H33N3O3/c1-25(14-9-20-10-16-29-17-11-20)22(27)18-21-23(28)24-12-15-26(21)13-5-8-19-6-3-2-4-7-19/h2-8,20-21H,9-18H2,1H3,(H,24,28). The molecule has 158 valence electrons. The molecule has 0 radical (unpaired) electrons. The summed E-state index contributed by atoms with van der Waals surface area (Å²) >= 11 is 0. The number of carbonyl (C=O) groups is 2. The summed E-state index contributed by atoms with van der Waals surface area (Å²) < 4.78 is 5.40. The number of benzene rings is 1. The van der Waals surface area contributed by atoms with Gasteiger partial charge in [0.1, 0.15) is 0 Å². The molecule has 0 saturated carbocycles. The van der Waals surface area contributed by atoms with Crippen LogP contribution in [-0.2, 0) is 14.3 Å². The van der Waals surface area contributed by atoms with Crippen LogP contribution in [0.3, 0.4) is 0 Å². The highest BCUT2D eigenvalue weighted by molar-refractivity contribution is 5.88. The van der Waals surface area contributed by atoms with Gasteiger partial charge in [0.25, 0.3) is 0 Å². The molecule has 6 nitrogen and oxygen atoms in total. The van der Waals surface area contributed by atoms with Gasteiger partial charge in [0, 0.05) is 46.4 Å². The molecule has 1 aromatic rings. The lowest BCUT2D eigenvalue weighted by Crippen LogP contribution is -2.56. The van der Waals surface area contributed by atoms with Crippen LogP contribution in [0.25, 0.3) is 6.08 Å². The van der Waals surface area contributed by atoms with Crippen LogP contribution in [0, 0.1) is 5.92 Å². The van der Waals surface area contributed by atoms with E-state index in [1.807, 2.05) is 37.4 Å². The lowest BCUT2D eigenvalue weighted by molar-refractivity contribution is -0.138. The third kappa shape index (κ3) is 6.68. The second kappa shape index (κ2) is 11.1. The Labute approximate surface area is 173 Å². The van der Waals surface area contributed by atoms with Gasteiger partial charge in [-0.3, -0.25) is 14.5 Å². The highest BCUT2D eigenvalue weighted by atomic mass is 16.5. The van der Waals surface area contributed by atoms with Gasteiger partial charge in [-0.2, -0.15) is 0 Å². The topological polar surface area (TPSA) is 61.9 Å². The van der Waals surface area contributed by atoms with E-state index >= 15 is 0 Å². The third-order valence-electron chi connectivity index (χ3n) is 5.90. The Morgan fingerprint density at radius 2 is 2.03 bits per heavy atom. The van der Waals surface area contributed by atoms with E-state index in [1.54, 1.807) is 4.90 Å². The zero-order valence-corrected chi connectivity index (χ0v) is 17.4. The van der Waals surface area contributed by atoms with Crippen molar-refractivity contribution >= 4 is 17.9 Å². The van der Waals surface area contributed by atoms with E-state index in [0.29, 0.717) is 19.0 Å². The van der Waals surface area contributed by atoms with Crippen LogP contribution in [0.2, 0.25) is 0 Å². The molecule has 1 N–H and O–H groups in total. The number of hydrogen-bond acceptors (Lipinski definition) is 4.